The molecule has 5 heteroatoms. The van der Waals surface area contributed by atoms with Gasteiger partial charge in [0, 0.05) is 15.6 Å². The first-order valence-corrected chi connectivity index (χ1v) is 6.83. The molecule has 20 heavy (non-hydrogen) atoms. The number of hydrogen-bond donors (Lipinski definition) is 0. The van der Waals surface area contributed by atoms with Crippen LogP contribution in [0.3, 0.4) is 0 Å². The quantitative estimate of drug-likeness (QED) is 0.675. The minimum Gasteiger partial charge on any atom is -0.296 e. The van der Waals surface area contributed by atoms with Crippen LogP contribution >= 0.6 is 15.9 Å². The van der Waals surface area contributed by atoms with Crippen molar-refractivity contribution in [3.8, 4) is 11.5 Å². The fourth-order valence-corrected chi connectivity index (χ4v) is 2.52. The van der Waals surface area contributed by atoms with E-state index in [4.69, 9.17) is 0 Å². The van der Waals surface area contributed by atoms with E-state index in [0.717, 1.165) is 21.1 Å². The SMILES string of the molecule is Cc1cc(C=O)nc(-c2nc3ccccc3cc2Br)n1. The van der Waals surface area contributed by atoms with Gasteiger partial charge in [0.05, 0.1) is 5.52 Å². The fraction of sp³-hybridized carbons (Fsp3) is 0.0667. The lowest BCUT2D eigenvalue weighted by atomic mass is 10.2. The van der Waals surface area contributed by atoms with Gasteiger partial charge in [-0.3, -0.25) is 4.79 Å². The Morgan fingerprint density at radius 1 is 1.10 bits per heavy atom. The summed E-state index contributed by atoms with van der Waals surface area (Å²) in [6.45, 7) is 1.83. The average molecular weight is 328 g/mol. The molecule has 0 radical (unpaired) electrons. The fourth-order valence-electron chi connectivity index (χ4n) is 2.01. The molecule has 1 aromatic carbocycles. The summed E-state index contributed by atoms with van der Waals surface area (Å²) < 4.78 is 0.804. The molecule has 98 valence electrons. The summed E-state index contributed by atoms with van der Waals surface area (Å²) in [6.07, 6.45) is 0.715. The highest BCUT2D eigenvalue weighted by molar-refractivity contribution is 9.10. The summed E-state index contributed by atoms with van der Waals surface area (Å²) in [7, 11) is 0. The van der Waals surface area contributed by atoms with Gasteiger partial charge in [-0.2, -0.15) is 0 Å². The average Bonchev–Trinajstić information content (AvgIpc) is 2.45. The van der Waals surface area contributed by atoms with E-state index in [1.165, 1.54) is 0 Å². The molecule has 0 unspecified atom stereocenters. The Balaban J connectivity index is 2.25. The lowest BCUT2D eigenvalue weighted by molar-refractivity contribution is 0.111. The maximum absolute atomic E-state index is 10.9. The molecule has 0 N–H and O–H groups in total. The molecule has 0 aliphatic rings. The number of aldehydes is 1. The van der Waals surface area contributed by atoms with Gasteiger partial charge >= 0.3 is 0 Å². The van der Waals surface area contributed by atoms with E-state index in [2.05, 4.69) is 30.9 Å². The van der Waals surface area contributed by atoms with Gasteiger partial charge in [0.1, 0.15) is 11.4 Å². The number of fused-ring (bicyclic) bond motifs is 1. The van der Waals surface area contributed by atoms with Crippen LogP contribution in [0, 0.1) is 6.92 Å². The highest BCUT2D eigenvalue weighted by atomic mass is 79.9. The van der Waals surface area contributed by atoms with E-state index in [9.17, 15) is 4.79 Å². The third kappa shape index (κ3) is 2.32. The Hall–Kier alpha value is -2.14. The predicted molar refractivity (Wildman–Crippen MR) is 80.6 cm³/mol. The van der Waals surface area contributed by atoms with Crippen LogP contribution in [0.4, 0.5) is 0 Å². The molecule has 0 amide bonds. The van der Waals surface area contributed by atoms with Crippen molar-refractivity contribution in [2.24, 2.45) is 0 Å². The van der Waals surface area contributed by atoms with Gasteiger partial charge in [0.15, 0.2) is 12.1 Å². The van der Waals surface area contributed by atoms with Crippen molar-refractivity contribution < 1.29 is 4.79 Å². The van der Waals surface area contributed by atoms with Gasteiger partial charge in [-0.1, -0.05) is 18.2 Å². The maximum atomic E-state index is 10.9. The summed E-state index contributed by atoms with van der Waals surface area (Å²) in [5, 5.41) is 1.03. The molecule has 0 atom stereocenters. The number of para-hydroxylation sites is 1. The largest absolute Gasteiger partial charge is 0.296 e. The van der Waals surface area contributed by atoms with Crippen LogP contribution in [-0.4, -0.2) is 21.2 Å². The predicted octanol–water partition coefficient (Wildman–Crippen LogP) is 3.58. The molecular weight excluding hydrogens is 318 g/mol. The Bertz CT molecular complexity index is 817. The van der Waals surface area contributed by atoms with Crippen LogP contribution in [0.25, 0.3) is 22.4 Å². The third-order valence-corrected chi connectivity index (χ3v) is 3.49. The zero-order valence-electron chi connectivity index (χ0n) is 10.7. The highest BCUT2D eigenvalue weighted by Gasteiger charge is 2.11. The molecule has 0 saturated heterocycles. The normalized spacial score (nSPS) is 10.7. The Morgan fingerprint density at radius 3 is 2.70 bits per heavy atom. The van der Waals surface area contributed by atoms with Crippen molar-refractivity contribution in [3.05, 3.63) is 52.3 Å². The van der Waals surface area contributed by atoms with Crippen LogP contribution in [0.1, 0.15) is 16.2 Å². The van der Waals surface area contributed by atoms with Crippen molar-refractivity contribution in [3.63, 3.8) is 0 Å². The number of benzene rings is 1. The molecule has 0 aliphatic carbocycles. The third-order valence-electron chi connectivity index (χ3n) is 2.88. The zero-order chi connectivity index (χ0) is 14.1. The van der Waals surface area contributed by atoms with Crippen molar-refractivity contribution in [2.75, 3.05) is 0 Å². The first kappa shape index (κ1) is 12.9. The maximum Gasteiger partial charge on any atom is 0.180 e. The van der Waals surface area contributed by atoms with E-state index in [0.29, 0.717) is 23.5 Å². The van der Waals surface area contributed by atoms with Gasteiger partial charge in [-0.05, 0) is 41.1 Å². The van der Waals surface area contributed by atoms with Crippen molar-refractivity contribution in [2.45, 2.75) is 6.92 Å². The lowest BCUT2D eigenvalue weighted by Crippen LogP contribution is -1.99. The smallest absolute Gasteiger partial charge is 0.180 e. The molecule has 4 nitrogen and oxygen atoms in total. The number of nitrogens with zero attached hydrogens (tertiary/aromatic N) is 3. The summed E-state index contributed by atoms with van der Waals surface area (Å²) in [4.78, 5) is 24.1. The van der Waals surface area contributed by atoms with Crippen LogP contribution in [0.5, 0.6) is 0 Å². The van der Waals surface area contributed by atoms with Gasteiger partial charge < -0.3 is 0 Å². The van der Waals surface area contributed by atoms with Crippen LogP contribution in [0.2, 0.25) is 0 Å². The Morgan fingerprint density at radius 2 is 1.90 bits per heavy atom. The topological polar surface area (TPSA) is 55.7 Å². The van der Waals surface area contributed by atoms with Crippen LogP contribution < -0.4 is 0 Å². The van der Waals surface area contributed by atoms with Gasteiger partial charge in [-0.15, -0.1) is 0 Å². The molecule has 3 aromatic rings. The molecule has 2 heterocycles. The second kappa shape index (κ2) is 5.09. The number of pyridine rings is 1. The lowest BCUT2D eigenvalue weighted by Gasteiger charge is -2.06. The Kier molecular flexibility index (Phi) is 3.28. The number of hydrogen-bond acceptors (Lipinski definition) is 4. The zero-order valence-corrected chi connectivity index (χ0v) is 12.3. The number of rotatable bonds is 2. The molecule has 0 fully saturated rings. The second-order valence-corrected chi connectivity index (χ2v) is 5.24. The second-order valence-electron chi connectivity index (χ2n) is 4.39. The molecular formula is C15H10BrN3O. The van der Waals surface area contributed by atoms with Gasteiger partial charge in [0.2, 0.25) is 0 Å². The minimum absolute atomic E-state index is 0.356. The van der Waals surface area contributed by atoms with Crippen LogP contribution in [0.15, 0.2) is 40.9 Å². The van der Waals surface area contributed by atoms with E-state index < -0.39 is 0 Å². The van der Waals surface area contributed by atoms with E-state index in [1.807, 2.05) is 37.3 Å². The van der Waals surface area contributed by atoms with Crippen molar-refractivity contribution in [1.82, 2.24) is 15.0 Å². The summed E-state index contributed by atoms with van der Waals surface area (Å²) in [5.74, 6) is 0.449. The first-order chi connectivity index (χ1) is 9.67. The summed E-state index contributed by atoms with van der Waals surface area (Å²) in [5.41, 5.74) is 2.59. The number of halogens is 1. The van der Waals surface area contributed by atoms with Crippen molar-refractivity contribution >= 4 is 33.1 Å². The highest BCUT2D eigenvalue weighted by Crippen LogP contribution is 2.27. The molecule has 0 saturated carbocycles. The standard InChI is InChI=1S/C15H10BrN3O/c1-9-6-11(8-20)18-15(17-9)14-12(16)7-10-4-2-3-5-13(10)19-14/h2-8H,1H3. The van der Waals surface area contributed by atoms with Crippen molar-refractivity contribution in [1.29, 1.82) is 0 Å². The Labute approximate surface area is 124 Å². The number of carbonyl (C=O) groups excluding carboxylic acids is 1. The van der Waals surface area contributed by atoms with E-state index >= 15 is 0 Å². The van der Waals surface area contributed by atoms with Gasteiger partial charge in [-0.25, -0.2) is 15.0 Å². The number of aryl methyl sites for hydroxylation is 1. The number of carbonyl (C=O) groups is 1. The summed E-state index contributed by atoms with van der Waals surface area (Å²) >= 11 is 3.49. The molecule has 0 spiro atoms. The molecule has 2 aromatic heterocycles. The van der Waals surface area contributed by atoms with Gasteiger partial charge in [0.25, 0.3) is 0 Å². The minimum atomic E-state index is 0.356. The van der Waals surface area contributed by atoms with Crippen LogP contribution in [-0.2, 0) is 0 Å². The monoisotopic (exact) mass is 327 g/mol. The van der Waals surface area contributed by atoms with E-state index in [-0.39, 0.29) is 0 Å². The van der Waals surface area contributed by atoms with E-state index in [1.54, 1.807) is 6.07 Å². The first-order valence-electron chi connectivity index (χ1n) is 6.04. The summed E-state index contributed by atoms with van der Waals surface area (Å²) in [6, 6.07) is 11.4. The number of aromatic nitrogens is 3. The molecule has 0 aliphatic heterocycles. The molecule has 3 rings (SSSR count). The molecule has 0 bridgehead atoms.